The van der Waals surface area contributed by atoms with Gasteiger partial charge in [0.25, 0.3) is 0 Å². The highest BCUT2D eigenvalue weighted by Gasteiger charge is 2.09. The van der Waals surface area contributed by atoms with Gasteiger partial charge in [-0.15, -0.1) is 11.8 Å². The maximum atomic E-state index is 11.9. The van der Waals surface area contributed by atoms with Crippen molar-refractivity contribution in [2.24, 2.45) is 0 Å². The number of aryl methyl sites for hydroxylation is 1. The van der Waals surface area contributed by atoms with Crippen LogP contribution in [-0.2, 0) is 5.75 Å². The number of benzene rings is 3. The van der Waals surface area contributed by atoms with Crippen LogP contribution in [0.15, 0.2) is 74.8 Å². The molecular weight excluding hydrogens is 352 g/mol. The van der Waals surface area contributed by atoms with Crippen molar-refractivity contribution in [1.82, 2.24) is 0 Å². The largest absolute Gasteiger partial charge is 0.423 e. The first-order valence-corrected chi connectivity index (χ1v) is 9.31. The van der Waals surface area contributed by atoms with E-state index in [1.54, 1.807) is 17.8 Å². The number of halogens is 1. The molecule has 0 aliphatic carbocycles. The summed E-state index contributed by atoms with van der Waals surface area (Å²) in [6, 6.07) is 19.9. The fraction of sp³-hybridized carbons (Fsp3) is 0.0952. The molecule has 1 heterocycles. The molecule has 0 aliphatic rings. The monoisotopic (exact) mass is 366 g/mol. The zero-order chi connectivity index (χ0) is 17.4. The van der Waals surface area contributed by atoms with Gasteiger partial charge in [0.05, 0.1) is 0 Å². The number of rotatable bonds is 3. The van der Waals surface area contributed by atoms with Gasteiger partial charge in [-0.2, -0.15) is 0 Å². The Labute approximate surface area is 154 Å². The van der Waals surface area contributed by atoms with Gasteiger partial charge in [0.15, 0.2) is 0 Å². The molecule has 4 heteroatoms. The molecule has 0 fully saturated rings. The van der Waals surface area contributed by atoms with Crippen LogP contribution in [0.1, 0.15) is 11.1 Å². The highest BCUT2D eigenvalue weighted by atomic mass is 35.5. The molecule has 0 spiro atoms. The van der Waals surface area contributed by atoms with E-state index in [1.807, 2.05) is 31.2 Å². The van der Waals surface area contributed by atoms with Gasteiger partial charge in [0.2, 0.25) is 0 Å². The Morgan fingerprint density at radius 2 is 1.80 bits per heavy atom. The summed E-state index contributed by atoms with van der Waals surface area (Å²) in [6.45, 7) is 1.90. The van der Waals surface area contributed by atoms with E-state index < -0.39 is 0 Å². The summed E-state index contributed by atoms with van der Waals surface area (Å²) >= 11 is 7.95. The lowest BCUT2D eigenvalue weighted by atomic mass is 10.1. The normalized spacial score (nSPS) is 11.3. The zero-order valence-electron chi connectivity index (χ0n) is 13.6. The van der Waals surface area contributed by atoms with Crippen LogP contribution in [0, 0.1) is 6.92 Å². The van der Waals surface area contributed by atoms with Crippen molar-refractivity contribution in [2.45, 2.75) is 17.6 Å². The van der Waals surface area contributed by atoms with Crippen LogP contribution < -0.4 is 5.63 Å². The second-order valence-electron chi connectivity index (χ2n) is 5.99. The van der Waals surface area contributed by atoms with Crippen LogP contribution >= 0.6 is 23.4 Å². The Balaban J connectivity index is 1.70. The third-order valence-corrected chi connectivity index (χ3v) is 5.67. The molecule has 2 nitrogen and oxygen atoms in total. The first-order chi connectivity index (χ1) is 12.1. The van der Waals surface area contributed by atoms with E-state index in [4.69, 9.17) is 16.0 Å². The predicted molar refractivity (Wildman–Crippen MR) is 106 cm³/mol. The summed E-state index contributed by atoms with van der Waals surface area (Å²) in [7, 11) is 0. The van der Waals surface area contributed by atoms with E-state index in [0.717, 1.165) is 16.5 Å². The van der Waals surface area contributed by atoms with Crippen LogP contribution in [0.5, 0.6) is 0 Å². The second-order valence-corrected chi connectivity index (χ2v) is 7.44. The average molecular weight is 367 g/mol. The van der Waals surface area contributed by atoms with Crippen LogP contribution in [0.25, 0.3) is 21.7 Å². The summed E-state index contributed by atoms with van der Waals surface area (Å²) in [4.78, 5) is 13.0. The van der Waals surface area contributed by atoms with Gasteiger partial charge >= 0.3 is 5.63 Å². The summed E-state index contributed by atoms with van der Waals surface area (Å²) in [5, 5.41) is 4.00. The molecule has 0 amide bonds. The van der Waals surface area contributed by atoms with E-state index in [2.05, 4.69) is 30.3 Å². The minimum Gasteiger partial charge on any atom is -0.423 e. The minimum absolute atomic E-state index is 0.330. The third kappa shape index (κ3) is 3.30. The zero-order valence-corrected chi connectivity index (χ0v) is 15.2. The van der Waals surface area contributed by atoms with Crippen molar-refractivity contribution in [1.29, 1.82) is 0 Å². The smallest absolute Gasteiger partial charge is 0.336 e. The minimum atomic E-state index is -0.330. The molecule has 3 aromatic carbocycles. The Kier molecular flexibility index (Phi) is 4.28. The maximum Gasteiger partial charge on any atom is 0.336 e. The highest BCUT2D eigenvalue weighted by molar-refractivity contribution is 7.98. The number of fused-ring (bicyclic) bond motifs is 2. The van der Waals surface area contributed by atoms with Gasteiger partial charge in [-0.1, -0.05) is 41.9 Å². The lowest BCUT2D eigenvalue weighted by molar-refractivity contribution is 0.559. The molecule has 0 aliphatic heterocycles. The van der Waals surface area contributed by atoms with Gasteiger partial charge in [0, 0.05) is 27.1 Å². The summed E-state index contributed by atoms with van der Waals surface area (Å²) in [5.74, 6) is 0.680. The average Bonchev–Trinajstić information content (AvgIpc) is 2.61. The number of hydrogen-bond donors (Lipinski definition) is 0. The molecule has 0 saturated heterocycles. The van der Waals surface area contributed by atoms with Crippen molar-refractivity contribution in [3.8, 4) is 0 Å². The first-order valence-electron chi connectivity index (χ1n) is 7.95. The van der Waals surface area contributed by atoms with E-state index in [0.29, 0.717) is 16.4 Å². The fourth-order valence-electron chi connectivity index (χ4n) is 2.89. The van der Waals surface area contributed by atoms with Crippen LogP contribution in [0.4, 0.5) is 0 Å². The highest BCUT2D eigenvalue weighted by Crippen LogP contribution is 2.31. The molecule has 4 aromatic rings. The van der Waals surface area contributed by atoms with Crippen molar-refractivity contribution >= 4 is 45.1 Å². The van der Waals surface area contributed by atoms with Crippen molar-refractivity contribution < 1.29 is 4.42 Å². The fourth-order valence-corrected chi connectivity index (χ4v) is 3.99. The van der Waals surface area contributed by atoms with Crippen molar-refractivity contribution in [2.75, 3.05) is 0 Å². The second kappa shape index (κ2) is 6.58. The predicted octanol–water partition coefficient (Wildman–Crippen LogP) is 6.20. The van der Waals surface area contributed by atoms with E-state index in [1.165, 1.54) is 15.7 Å². The molecule has 124 valence electrons. The van der Waals surface area contributed by atoms with E-state index in [9.17, 15) is 4.79 Å². The molecule has 0 N–H and O–H groups in total. The standard InChI is InChI=1S/C21H15ClO2S/c1-13-8-20-18(11-19(13)22)16(10-21(23)24-20)12-25-17-7-6-14-4-2-3-5-15(14)9-17/h2-11H,12H2,1H3. The summed E-state index contributed by atoms with van der Waals surface area (Å²) < 4.78 is 5.32. The van der Waals surface area contributed by atoms with E-state index in [-0.39, 0.29) is 5.63 Å². The summed E-state index contributed by atoms with van der Waals surface area (Å²) in [5.41, 5.74) is 2.09. The van der Waals surface area contributed by atoms with Gasteiger partial charge in [-0.25, -0.2) is 4.79 Å². The van der Waals surface area contributed by atoms with Gasteiger partial charge in [0.1, 0.15) is 5.58 Å². The Morgan fingerprint density at radius 3 is 2.64 bits per heavy atom. The SMILES string of the molecule is Cc1cc2oc(=O)cc(CSc3ccc4ccccc4c3)c2cc1Cl. The van der Waals surface area contributed by atoms with Crippen molar-refractivity contribution in [3.63, 3.8) is 0 Å². The molecule has 0 unspecified atom stereocenters. The third-order valence-electron chi connectivity index (χ3n) is 4.22. The maximum absolute atomic E-state index is 11.9. The lowest BCUT2D eigenvalue weighted by Gasteiger charge is -2.08. The van der Waals surface area contributed by atoms with Crippen LogP contribution in [0.2, 0.25) is 5.02 Å². The van der Waals surface area contributed by atoms with Crippen LogP contribution in [-0.4, -0.2) is 0 Å². The van der Waals surface area contributed by atoms with E-state index >= 15 is 0 Å². The lowest BCUT2D eigenvalue weighted by Crippen LogP contribution is -2.00. The molecule has 1 aromatic heterocycles. The Morgan fingerprint density at radius 1 is 1.00 bits per heavy atom. The first kappa shape index (κ1) is 16.2. The van der Waals surface area contributed by atoms with Gasteiger partial charge < -0.3 is 4.42 Å². The molecule has 0 atom stereocenters. The molecule has 0 saturated carbocycles. The molecule has 4 rings (SSSR count). The topological polar surface area (TPSA) is 30.2 Å². The van der Waals surface area contributed by atoms with Gasteiger partial charge in [-0.3, -0.25) is 0 Å². The Hall–Kier alpha value is -2.23. The van der Waals surface area contributed by atoms with Crippen molar-refractivity contribution in [3.05, 3.63) is 87.2 Å². The molecular formula is C21H15ClO2S. The quantitative estimate of drug-likeness (QED) is 0.319. The Bertz CT molecular complexity index is 1150. The number of hydrogen-bond acceptors (Lipinski definition) is 3. The molecule has 25 heavy (non-hydrogen) atoms. The summed E-state index contributed by atoms with van der Waals surface area (Å²) in [6.07, 6.45) is 0. The molecule has 0 bridgehead atoms. The molecule has 0 radical (unpaired) electrons. The number of thioether (sulfide) groups is 1. The van der Waals surface area contributed by atoms with Crippen LogP contribution in [0.3, 0.4) is 0 Å². The van der Waals surface area contributed by atoms with Gasteiger partial charge in [-0.05, 0) is 53.1 Å².